The molecule has 2 aromatic carbocycles. The van der Waals surface area contributed by atoms with E-state index < -0.39 is 0 Å². The molecule has 0 aliphatic heterocycles. The Balaban J connectivity index is 2.00. The van der Waals surface area contributed by atoms with Gasteiger partial charge in [-0.3, -0.25) is 4.79 Å². The fraction of sp³-hybridized carbons (Fsp3) is 0.263. The molecule has 1 amide bonds. The first-order valence-corrected chi connectivity index (χ1v) is 8.67. The number of nitrogens with zero attached hydrogens (tertiary/aromatic N) is 1. The Kier molecular flexibility index (Phi) is 7.58. The van der Waals surface area contributed by atoms with Gasteiger partial charge in [-0.1, -0.05) is 35.3 Å². The zero-order valence-corrected chi connectivity index (χ0v) is 15.7. The van der Waals surface area contributed by atoms with Crippen LogP contribution < -0.4 is 14.8 Å². The molecule has 1 N–H and O–H groups in total. The summed E-state index contributed by atoms with van der Waals surface area (Å²) in [5, 5.41) is 12.2. The molecule has 0 atom stereocenters. The van der Waals surface area contributed by atoms with Gasteiger partial charge < -0.3 is 14.8 Å². The van der Waals surface area contributed by atoms with Crippen LogP contribution in [-0.2, 0) is 17.8 Å². The van der Waals surface area contributed by atoms with Crippen molar-refractivity contribution in [1.82, 2.24) is 5.32 Å². The maximum atomic E-state index is 11.3. The number of nitriles is 1. The van der Waals surface area contributed by atoms with Crippen molar-refractivity contribution >= 4 is 29.1 Å². The second kappa shape index (κ2) is 9.91. The molecular formula is C19H18Cl2N2O3. The van der Waals surface area contributed by atoms with Crippen molar-refractivity contribution in [3.05, 3.63) is 57.6 Å². The fourth-order valence-corrected chi connectivity index (χ4v) is 2.79. The molecule has 2 rings (SSSR count). The Morgan fingerprint density at radius 3 is 2.58 bits per heavy atom. The Morgan fingerprint density at radius 1 is 1.19 bits per heavy atom. The highest BCUT2D eigenvalue weighted by Crippen LogP contribution is 2.31. The number of halogens is 2. The van der Waals surface area contributed by atoms with Crippen LogP contribution >= 0.6 is 23.2 Å². The molecule has 7 heteroatoms. The highest BCUT2D eigenvalue weighted by atomic mass is 35.5. The molecule has 2 aromatic rings. The van der Waals surface area contributed by atoms with Gasteiger partial charge in [0.2, 0.25) is 5.91 Å². The van der Waals surface area contributed by atoms with E-state index >= 15 is 0 Å². The van der Waals surface area contributed by atoms with E-state index in [0.29, 0.717) is 40.1 Å². The molecule has 26 heavy (non-hydrogen) atoms. The van der Waals surface area contributed by atoms with Crippen LogP contribution in [0.15, 0.2) is 36.4 Å². The number of rotatable bonds is 8. The second-order valence-electron chi connectivity index (χ2n) is 5.41. The van der Waals surface area contributed by atoms with Gasteiger partial charge >= 0.3 is 0 Å². The quantitative estimate of drug-likeness (QED) is 0.731. The van der Waals surface area contributed by atoms with Crippen molar-refractivity contribution in [2.45, 2.75) is 19.4 Å². The normalized spacial score (nSPS) is 10.1. The first kappa shape index (κ1) is 19.9. The van der Waals surface area contributed by atoms with Crippen LogP contribution in [0.4, 0.5) is 0 Å². The van der Waals surface area contributed by atoms with E-state index in [-0.39, 0.29) is 18.9 Å². The molecule has 5 nitrogen and oxygen atoms in total. The van der Waals surface area contributed by atoms with E-state index in [1.165, 1.54) is 0 Å². The lowest BCUT2D eigenvalue weighted by atomic mass is 10.1. The molecule has 0 aliphatic rings. The Morgan fingerprint density at radius 2 is 1.92 bits per heavy atom. The van der Waals surface area contributed by atoms with Gasteiger partial charge in [0.1, 0.15) is 13.0 Å². The number of methoxy groups -OCH3 is 1. The summed E-state index contributed by atoms with van der Waals surface area (Å²) in [5.41, 5.74) is 1.68. The summed E-state index contributed by atoms with van der Waals surface area (Å²) in [4.78, 5) is 11.3. The number of hydrogen-bond acceptors (Lipinski definition) is 4. The number of hydrogen-bond donors (Lipinski definition) is 1. The molecule has 0 unspecified atom stereocenters. The predicted octanol–water partition coefficient (Wildman–Crippen LogP) is 4.15. The minimum absolute atomic E-state index is 0.138. The molecule has 0 spiro atoms. The SMILES string of the molecule is COc1cc(CCNC(=O)CC#N)ccc1OCc1c(Cl)cccc1Cl. The van der Waals surface area contributed by atoms with Crippen molar-refractivity contribution in [2.24, 2.45) is 0 Å². The molecule has 0 aromatic heterocycles. The monoisotopic (exact) mass is 392 g/mol. The van der Waals surface area contributed by atoms with Crippen LogP contribution in [-0.4, -0.2) is 19.6 Å². The number of ether oxygens (including phenoxy) is 2. The van der Waals surface area contributed by atoms with Gasteiger partial charge in [-0.15, -0.1) is 0 Å². The standard InChI is InChI=1S/C19H18Cl2N2O3/c1-25-18-11-13(8-10-23-19(24)7-9-22)5-6-17(18)26-12-14-15(20)3-2-4-16(14)21/h2-6,11H,7-8,10,12H2,1H3,(H,23,24). The second-order valence-corrected chi connectivity index (χ2v) is 6.22. The number of carbonyl (C=O) groups excluding carboxylic acids is 1. The minimum Gasteiger partial charge on any atom is -0.493 e. The number of benzene rings is 2. The molecule has 0 saturated carbocycles. The summed E-state index contributed by atoms with van der Waals surface area (Å²) in [6.07, 6.45) is 0.477. The molecule has 0 fully saturated rings. The van der Waals surface area contributed by atoms with E-state index in [1.54, 1.807) is 31.4 Å². The summed E-state index contributed by atoms with van der Waals surface area (Å²) >= 11 is 12.3. The van der Waals surface area contributed by atoms with Crippen molar-refractivity contribution in [3.63, 3.8) is 0 Å². The molecular weight excluding hydrogens is 375 g/mol. The zero-order valence-electron chi connectivity index (χ0n) is 14.2. The van der Waals surface area contributed by atoms with Gasteiger partial charge in [-0.25, -0.2) is 0 Å². The van der Waals surface area contributed by atoms with Crippen molar-refractivity contribution in [3.8, 4) is 17.6 Å². The smallest absolute Gasteiger partial charge is 0.234 e. The Labute approximate surface area is 162 Å². The predicted molar refractivity (Wildman–Crippen MR) is 101 cm³/mol. The molecule has 0 bridgehead atoms. The Hall–Kier alpha value is -2.42. The van der Waals surface area contributed by atoms with Crippen LogP contribution in [0.2, 0.25) is 10.0 Å². The average Bonchev–Trinajstić information content (AvgIpc) is 2.62. The van der Waals surface area contributed by atoms with E-state index in [9.17, 15) is 4.79 Å². The maximum absolute atomic E-state index is 11.3. The van der Waals surface area contributed by atoms with Crippen molar-refractivity contribution < 1.29 is 14.3 Å². The first-order valence-electron chi connectivity index (χ1n) is 7.91. The molecule has 136 valence electrons. The number of nitrogens with one attached hydrogen (secondary N) is 1. The van der Waals surface area contributed by atoms with Gasteiger partial charge in [-0.2, -0.15) is 5.26 Å². The lowest BCUT2D eigenvalue weighted by Crippen LogP contribution is -2.24. The molecule has 0 aliphatic carbocycles. The van der Waals surface area contributed by atoms with Gasteiger partial charge in [0, 0.05) is 22.2 Å². The summed E-state index contributed by atoms with van der Waals surface area (Å²) in [6, 6.07) is 12.6. The van der Waals surface area contributed by atoms with E-state index in [2.05, 4.69) is 5.32 Å². The zero-order chi connectivity index (χ0) is 18.9. The fourth-order valence-electron chi connectivity index (χ4n) is 2.29. The molecule has 0 heterocycles. The topological polar surface area (TPSA) is 71.3 Å². The summed E-state index contributed by atoms with van der Waals surface area (Å²) in [6.45, 7) is 0.664. The summed E-state index contributed by atoms with van der Waals surface area (Å²) < 4.78 is 11.2. The van der Waals surface area contributed by atoms with Crippen LogP contribution in [0.3, 0.4) is 0 Å². The van der Waals surface area contributed by atoms with Crippen LogP contribution in [0.1, 0.15) is 17.5 Å². The minimum atomic E-state index is -0.281. The average molecular weight is 393 g/mol. The Bertz CT molecular complexity index is 799. The van der Waals surface area contributed by atoms with Crippen molar-refractivity contribution in [2.75, 3.05) is 13.7 Å². The summed E-state index contributed by atoms with van der Waals surface area (Å²) in [5.74, 6) is 0.866. The van der Waals surface area contributed by atoms with Gasteiger partial charge in [0.25, 0.3) is 0 Å². The molecule has 0 radical (unpaired) electrons. The summed E-state index contributed by atoms with van der Waals surface area (Å²) in [7, 11) is 1.56. The van der Waals surface area contributed by atoms with E-state index in [0.717, 1.165) is 5.56 Å². The number of amides is 1. The van der Waals surface area contributed by atoms with Crippen molar-refractivity contribution in [1.29, 1.82) is 5.26 Å². The van der Waals surface area contributed by atoms with Gasteiger partial charge in [0.05, 0.1) is 13.2 Å². The lowest BCUT2D eigenvalue weighted by molar-refractivity contribution is -0.120. The number of carbonyl (C=O) groups is 1. The van der Waals surface area contributed by atoms with Crippen LogP contribution in [0.25, 0.3) is 0 Å². The van der Waals surface area contributed by atoms with Gasteiger partial charge in [-0.05, 0) is 36.2 Å². The van der Waals surface area contributed by atoms with Crippen LogP contribution in [0, 0.1) is 11.3 Å². The third-order valence-electron chi connectivity index (χ3n) is 3.64. The third-order valence-corrected chi connectivity index (χ3v) is 4.35. The van der Waals surface area contributed by atoms with Gasteiger partial charge in [0.15, 0.2) is 11.5 Å². The lowest BCUT2D eigenvalue weighted by Gasteiger charge is -2.14. The third kappa shape index (κ3) is 5.55. The molecule has 0 saturated heterocycles. The van der Waals surface area contributed by atoms with E-state index in [4.69, 9.17) is 37.9 Å². The van der Waals surface area contributed by atoms with E-state index in [1.807, 2.05) is 18.2 Å². The maximum Gasteiger partial charge on any atom is 0.234 e. The largest absolute Gasteiger partial charge is 0.493 e. The highest BCUT2D eigenvalue weighted by molar-refractivity contribution is 6.35. The highest BCUT2D eigenvalue weighted by Gasteiger charge is 2.10. The van der Waals surface area contributed by atoms with Crippen LogP contribution in [0.5, 0.6) is 11.5 Å². The first-order chi connectivity index (χ1) is 12.5.